The zero-order chi connectivity index (χ0) is 14.7. The van der Waals surface area contributed by atoms with Crippen LogP contribution in [0.4, 0.5) is 0 Å². The molecule has 2 bridgehead atoms. The van der Waals surface area contributed by atoms with Crippen LogP contribution < -0.4 is 5.32 Å². The molecule has 1 N–H and O–H groups in total. The van der Waals surface area contributed by atoms with Crippen molar-refractivity contribution in [1.82, 2.24) is 10.2 Å². The monoisotopic (exact) mass is 306 g/mol. The Balaban J connectivity index is 1.68. The molecule has 0 radical (unpaired) electrons. The Bertz CT molecular complexity index is 448. The fourth-order valence-corrected chi connectivity index (χ4v) is 4.27. The maximum Gasteiger partial charge on any atom is 0.0451 e. The summed E-state index contributed by atoms with van der Waals surface area (Å²) in [4.78, 5) is 2.73. The molecule has 2 aliphatic heterocycles. The summed E-state index contributed by atoms with van der Waals surface area (Å²) in [5, 5.41) is 4.66. The van der Waals surface area contributed by atoms with Gasteiger partial charge in [0.15, 0.2) is 0 Å². The molecule has 3 rings (SSSR count). The number of nitrogens with zero attached hydrogens (tertiary/aromatic N) is 1. The summed E-state index contributed by atoms with van der Waals surface area (Å²) in [7, 11) is 0. The predicted molar refractivity (Wildman–Crippen MR) is 89.7 cm³/mol. The molecule has 21 heavy (non-hydrogen) atoms. The Morgan fingerprint density at radius 1 is 1.19 bits per heavy atom. The van der Waals surface area contributed by atoms with Crippen molar-refractivity contribution in [3.05, 3.63) is 34.9 Å². The third-order valence-corrected chi connectivity index (χ3v) is 5.49. The first-order chi connectivity index (χ1) is 10.3. The number of fused-ring (bicyclic) bond motifs is 2. The molecule has 2 unspecified atom stereocenters. The third-order valence-electron chi connectivity index (χ3n) is 5.12. The van der Waals surface area contributed by atoms with Gasteiger partial charge in [0, 0.05) is 29.7 Å². The molecule has 0 saturated carbocycles. The molecule has 1 aromatic rings. The molecule has 116 valence electrons. The average Bonchev–Trinajstić information content (AvgIpc) is 2.47. The molecular weight excluding hydrogens is 280 g/mol. The standard InChI is InChI=1S/C18H27ClN2/c1-2-10-20-15-11-16-7-5-8-17(12-15)21(16)13-14-6-3-4-9-18(14)19/h3-4,6,9,15-17,20H,2,5,7-8,10-13H2,1H3. The topological polar surface area (TPSA) is 15.3 Å². The highest BCUT2D eigenvalue weighted by Gasteiger charge is 2.37. The van der Waals surface area contributed by atoms with Crippen LogP contribution >= 0.6 is 11.6 Å². The fourth-order valence-electron chi connectivity index (χ4n) is 4.08. The summed E-state index contributed by atoms with van der Waals surface area (Å²) >= 11 is 6.36. The quantitative estimate of drug-likeness (QED) is 0.876. The summed E-state index contributed by atoms with van der Waals surface area (Å²) in [5.74, 6) is 0. The van der Waals surface area contributed by atoms with Gasteiger partial charge in [-0.15, -0.1) is 0 Å². The first-order valence-electron chi connectivity index (χ1n) is 8.50. The number of nitrogens with one attached hydrogen (secondary N) is 1. The maximum atomic E-state index is 6.36. The normalized spacial score (nSPS) is 29.5. The molecule has 2 atom stereocenters. The van der Waals surface area contributed by atoms with Gasteiger partial charge in [0.1, 0.15) is 0 Å². The lowest BCUT2D eigenvalue weighted by Gasteiger charge is -2.49. The van der Waals surface area contributed by atoms with Crippen LogP contribution in [-0.2, 0) is 6.54 Å². The third kappa shape index (κ3) is 3.61. The van der Waals surface area contributed by atoms with Crippen molar-refractivity contribution in [2.75, 3.05) is 6.54 Å². The van der Waals surface area contributed by atoms with Crippen LogP contribution in [0.2, 0.25) is 5.02 Å². The van der Waals surface area contributed by atoms with E-state index in [1.165, 1.54) is 44.1 Å². The minimum absolute atomic E-state index is 0.725. The molecule has 2 aliphatic rings. The Hall–Kier alpha value is -0.570. The SMILES string of the molecule is CCCNC1CC2CCCC(C1)N2Cc1ccccc1Cl. The van der Waals surface area contributed by atoms with Crippen LogP contribution in [0.1, 0.15) is 51.0 Å². The summed E-state index contributed by atoms with van der Waals surface area (Å²) in [6.07, 6.45) is 7.95. The van der Waals surface area contributed by atoms with Gasteiger partial charge in [-0.25, -0.2) is 0 Å². The first kappa shape index (κ1) is 15.3. The van der Waals surface area contributed by atoms with Crippen LogP contribution in [0, 0.1) is 0 Å². The average molecular weight is 307 g/mol. The van der Waals surface area contributed by atoms with Gasteiger partial charge in [0.05, 0.1) is 0 Å². The molecule has 0 spiro atoms. The predicted octanol–water partition coefficient (Wildman–Crippen LogP) is 4.23. The van der Waals surface area contributed by atoms with Crippen molar-refractivity contribution in [2.45, 2.75) is 70.1 Å². The number of hydrogen-bond acceptors (Lipinski definition) is 2. The van der Waals surface area contributed by atoms with Crippen molar-refractivity contribution >= 4 is 11.6 Å². The molecule has 2 saturated heterocycles. The van der Waals surface area contributed by atoms with Crippen molar-refractivity contribution < 1.29 is 0 Å². The van der Waals surface area contributed by atoms with Crippen LogP contribution in [-0.4, -0.2) is 29.6 Å². The van der Waals surface area contributed by atoms with Crippen molar-refractivity contribution in [2.24, 2.45) is 0 Å². The van der Waals surface area contributed by atoms with Gasteiger partial charge in [0.25, 0.3) is 0 Å². The lowest BCUT2D eigenvalue weighted by molar-refractivity contribution is 0.0178. The summed E-state index contributed by atoms with van der Waals surface area (Å²) < 4.78 is 0. The second-order valence-corrected chi connectivity index (χ2v) is 7.03. The Morgan fingerprint density at radius 2 is 1.90 bits per heavy atom. The second-order valence-electron chi connectivity index (χ2n) is 6.62. The van der Waals surface area contributed by atoms with Crippen LogP contribution in [0.3, 0.4) is 0 Å². The van der Waals surface area contributed by atoms with Gasteiger partial charge in [-0.05, 0) is 50.3 Å². The zero-order valence-corrected chi connectivity index (χ0v) is 13.8. The van der Waals surface area contributed by atoms with Gasteiger partial charge in [-0.2, -0.15) is 0 Å². The molecule has 2 nitrogen and oxygen atoms in total. The molecule has 0 amide bonds. The maximum absolute atomic E-state index is 6.36. The van der Waals surface area contributed by atoms with Crippen LogP contribution in [0.15, 0.2) is 24.3 Å². The van der Waals surface area contributed by atoms with E-state index in [1.807, 2.05) is 12.1 Å². The van der Waals surface area contributed by atoms with Crippen LogP contribution in [0.5, 0.6) is 0 Å². The van der Waals surface area contributed by atoms with Gasteiger partial charge in [-0.3, -0.25) is 4.90 Å². The Kier molecular flexibility index (Phi) is 5.20. The highest BCUT2D eigenvalue weighted by molar-refractivity contribution is 6.31. The second kappa shape index (κ2) is 7.13. The van der Waals surface area contributed by atoms with Crippen molar-refractivity contribution in [3.8, 4) is 0 Å². The number of rotatable bonds is 5. The van der Waals surface area contributed by atoms with Gasteiger partial charge in [0.2, 0.25) is 0 Å². The van der Waals surface area contributed by atoms with E-state index in [2.05, 4.69) is 29.3 Å². The number of hydrogen-bond donors (Lipinski definition) is 1. The molecular formula is C18H27ClN2. The van der Waals surface area contributed by atoms with Gasteiger partial charge in [-0.1, -0.05) is 43.1 Å². The molecule has 2 fully saturated rings. The van der Waals surface area contributed by atoms with Gasteiger partial charge < -0.3 is 5.32 Å². The highest BCUT2D eigenvalue weighted by Crippen LogP contribution is 2.36. The summed E-state index contributed by atoms with van der Waals surface area (Å²) in [5.41, 5.74) is 1.29. The van der Waals surface area contributed by atoms with Crippen molar-refractivity contribution in [1.29, 1.82) is 0 Å². The number of piperidine rings is 2. The molecule has 0 aromatic heterocycles. The van der Waals surface area contributed by atoms with E-state index in [9.17, 15) is 0 Å². The molecule has 2 heterocycles. The lowest BCUT2D eigenvalue weighted by Crippen LogP contribution is -2.55. The number of halogens is 1. The van der Waals surface area contributed by atoms with Crippen molar-refractivity contribution in [3.63, 3.8) is 0 Å². The Morgan fingerprint density at radius 3 is 2.57 bits per heavy atom. The minimum Gasteiger partial charge on any atom is -0.314 e. The van der Waals surface area contributed by atoms with E-state index in [0.717, 1.165) is 36.2 Å². The first-order valence-corrected chi connectivity index (χ1v) is 8.88. The molecule has 0 aliphatic carbocycles. The lowest BCUT2D eigenvalue weighted by atomic mass is 9.81. The fraction of sp³-hybridized carbons (Fsp3) is 0.667. The molecule has 1 aromatic carbocycles. The van der Waals surface area contributed by atoms with Gasteiger partial charge >= 0.3 is 0 Å². The van der Waals surface area contributed by atoms with Crippen LogP contribution in [0.25, 0.3) is 0 Å². The van der Waals surface area contributed by atoms with E-state index in [-0.39, 0.29) is 0 Å². The highest BCUT2D eigenvalue weighted by atomic mass is 35.5. The minimum atomic E-state index is 0.725. The Labute approximate surface area is 133 Å². The molecule has 3 heteroatoms. The van der Waals surface area contributed by atoms with E-state index in [4.69, 9.17) is 11.6 Å². The van der Waals surface area contributed by atoms with E-state index in [0.29, 0.717) is 0 Å². The van der Waals surface area contributed by atoms with E-state index >= 15 is 0 Å². The van der Waals surface area contributed by atoms with E-state index < -0.39 is 0 Å². The van der Waals surface area contributed by atoms with E-state index in [1.54, 1.807) is 0 Å². The number of benzene rings is 1. The summed E-state index contributed by atoms with van der Waals surface area (Å²) in [6.45, 7) is 4.44. The zero-order valence-electron chi connectivity index (χ0n) is 13.0. The largest absolute Gasteiger partial charge is 0.314 e. The smallest absolute Gasteiger partial charge is 0.0451 e. The summed E-state index contributed by atoms with van der Waals surface area (Å²) in [6, 6.07) is 10.5.